The summed E-state index contributed by atoms with van der Waals surface area (Å²) in [6.45, 7) is -0.231. The van der Waals surface area contributed by atoms with Crippen LogP contribution in [-0.2, 0) is 4.74 Å². The summed E-state index contributed by atoms with van der Waals surface area (Å²) in [5, 5.41) is 26.7. The minimum Gasteiger partial charge on any atom is -0.394 e. The van der Waals surface area contributed by atoms with Crippen molar-refractivity contribution in [2.24, 2.45) is 5.73 Å². The third-order valence-corrected chi connectivity index (χ3v) is 1.81. The zero-order valence-corrected chi connectivity index (χ0v) is 6.05. The van der Waals surface area contributed by atoms with Gasteiger partial charge in [-0.3, -0.25) is 0 Å². The summed E-state index contributed by atoms with van der Waals surface area (Å²) in [4.78, 5) is 0. The summed E-state index contributed by atoms with van der Waals surface area (Å²) in [5.74, 6) is 0. The Balaban J connectivity index is 2.48. The molecule has 0 radical (unpaired) electrons. The summed E-state index contributed by atoms with van der Waals surface area (Å²) in [6, 6.07) is -0.404. The summed E-state index contributed by atoms with van der Waals surface area (Å²) < 4.78 is 4.79. The Morgan fingerprint density at radius 3 is 2.64 bits per heavy atom. The summed E-state index contributed by atoms with van der Waals surface area (Å²) in [7, 11) is 0. The smallest absolute Gasteiger partial charge is 0.181 e. The first-order valence-corrected chi connectivity index (χ1v) is 3.53. The zero-order valence-electron chi connectivity index (χ0n) is 6.05. The van der Waals surface area contributed by atoms with Gasteiger partial charge in [0.1, 0.15) is 6.10 Å². The Kier molecular flexibility index (Phi) is 2.80. The molecule has 11 heavy (non-hydrogen) atoms. The van der Waals surface area contributed by atoms with Gasteiger partial charge >= 0.3 is 0 Å². The van der Waals surface area contributed by atoms with Gasteiger partial charge in [0.05, 0.1) is 12.7 Å². The van der Waals surface area contributed by atoms with Gasteiger partial charge in [-0.15, -0.1) is 0 Å². The van der Waals surface area contributed by atoms with E-state index in [1.807, 2.05) is 0 Å². The lowest BCUT2D eigenvalue weighted by Crippen LogP contribution is -2.52. The van der Waals surface area contributed by atoms with Gasteiger partial charge in [-0.05, 0) is 6.42 Å². The number of rotatable bonds is 1. The fraction of sp³-hybridized carbons (Fsp3) is 1.00. The van der Waals surface area contributed by atoms with Crippen molar-refractivity contribution < 1.29 is 20.1 Å². The Labute approximate surface area is 64.4 Å². The van der Waals surface area contributed by atoms with Crippen molar-refractivity contribution in [3.05, 3.63) is 0 Å². The maximum atomic E-state index is 9.02. The number of aliphatic hydroxyl groups excluding tert-OH is 3. The van der Waals surface area contributed by atoms with Crippen molar-refractivity contribution in [2.45, 2.75) is 31.0 Å². The number of aliphatic hydroxyl groups is 3. The van der Waals surface area contributed by atoms with Crippen LogP contribution in [0.5, 0.6) is 0 Å². The third kappa shape index (κ3) is 1.88. The van der Waals surface area contributed by atoms with Gasteiger partial charge < -0.3 is 25.8 Å². The summed E-state index contributed by atoms with van der Waals surface area (Å²) >= 11 is 0. The van der Waals surface area contributed by atoms with Gasteiger partial charge in [-0.25, -0.2) is 0 Å². The lowest BCUT2D eigenvalue weighted by molar-refractivity contribution is -0.226. The van der Waals surface area contributed by atoms with E-state index in [0.29, 0.717) is 0 Å². The van der Waals surface area contributed by atoms with Crippen LogP contribution < -0.4 is 5.73 Å². The van der Waals surface area contributed by atoms with Gasteiger partial charge in [0.2, 0.25) is 0 Å². The van der Waals surface area contributed by atoms with Crippen LogP contribution in [0.1, 0.15) is 6.42 Å². The van der Waals surface area contributed by atoms with Gasteiger partial charge in [0, 0.05) is 6.04 Å². The normalized spacial score (nSPS) is 45.8. The van der Waals surface area contributed by atoms with Crippen molar-refractivity contribution in [3.8, 4) is 0 Å². The molecule has 1 fully saturated rings. The molecule has 1 saturated heterocycles. The molecule has 1 aliphatic heterocycles. The van der Waals surface area contributed by atoms with Crippen LogP contribution in [0.2, 0.25) is 0 Å². The van der Waals surface area contributed by atoms with Crippen molar-refractivity contribution in [2.75, 3.05) is 6.61 Å². The van der Waals surface area contributed by atoms with Gasteiger partial charge in [0.15, 0.2) is 6.29 Å². The monoisotopic (exact) mass is 163 g/mol. The first-order valence-electron chi connectivity index (χ1n) is 3.53. The van der Waals surface area contributed by atoms with Crippen molar-refractivity contribution in [1.29, 1.82) is 0 Å². The highest BCUT2D eigenvalue weighted by Gasteiger charge is 2.33. The van der Waals surface area contributed by atoms with E-state index in [9.17, 15) is 0 Å². The van der Waals surface area contributed by atoms with Gasteiger partial charge in [0.25, 0.3) is 0 Å². The Morgan fingerprint density at radius 1 is 1.45 bits per heavy atom. The highest BCUT2D eigenvalue weighted by Crippen LogP contribution is 2.16. The molecule has 1 aliphatic rings. The second kappa shape index (κ2) is 3.46. The van der Waals surface area contributed by atoms with Gasteiger partial charge in [-0.1, -0.05) is 0 Å². The van der Waals surface area contributed by atoms with Crippen LogP contribution >= 0.6 is 0 Å². The molecular weight excluding hydrogens is 150 g/mol. The second-order valence-corrected chi connectivity index (χ2v) is 2.71. The molecule has 66 valence electrons. The molecule has 5 heteroatoms. The van der Waals surface area contributed by atoms with Crippen LogP contribution in [0.15, 0.2) is 0 Å². The standard InChI is InChI=1S/C6H13NO4/c7-3-1-4(9)6(10)11-5(3)2-8/h3-6,8-10H,1-2,7H2/t3-,4?,5?,6-/m0/s1. The van der Waals surface area contributed by atoms with E-state index in [-0.39, 0.29) is 13.0 Å². The van der Waals surface area contributed by atoms with E-state index in [4.69, 9.17) is 25.8 Å². The molecule has 5 nitrogen and oxygen atoms in total. The van der Waals surface area contributed by atoms with Crippen molar-refractivity contribution in [3.63, 3.8) is 0 Å². The van der Waals surface area contributed by atoms with Crippen LogP contribution in [0.25, 0.3) is 0 Å². The molecule has 0 spiro atoms. The predicted octanol–water partition coefficient (Wildman–Crippen LogP) is -2.23. The fourth-order valence-electron chi connectivity index (χ4n) is 1.10. The molecule has 4 atom stereocenters. The van der Waals surface area contributed by atoms with Crippen molar-refractivity contribution in [1.82, 2.24) is 0 Å². The molecular formula is C6H13NO4. The first kappa shape index (κ1) is 8.89. The molecule has 0 bridgehead atoms. The maximum Gasteiger partial charge on any atom is 0.181 e. The van der Waals surface area contributed by atoms with Crippen LogP contribution in [0, 0.1) is 0 Å². The topological polar surface area (TPSA) is 95.9 Å². The lowest BCUT2D eigenvalue weighted by atomic mass is 10.0. The lowest BCUT2D eigenvalue weighted by Gasteiger charge is -2.34. The molecule has 1 rings (SSSR count). The van der Waals surface area contributed by atoms with Crippen LogP contribution in [0.3, 0.4) is 0 Å². The molecule has 1 heterocycles. The molecule has 0 saturated carbocycles. The van der Waals surface area contributed by atoms with E-state index in [1.165, 1.54) is 0 Å². The Bertz CT molecular complexity index is 132. The highest BCUT2D eigenvalue weighted by atomic mass is 16.6. The number of hydrogen-bond acceptors (Lipinski definition) is 5. The third-order valence-electron chi connectivity index (χ3n) is 1.81. The Morgan fingerprint density at radius 2 is 2.09 bits per heavy atom. The van der Waals surface area contributed by atoms with E-state index in [2.05, 4.69) is 0 Å². The van der Waals surface area contributed by atoms with E-state index in [0.717, 1.165) is 0 Å². The number of nitrogens with two attached hydrogens (primary N) is 1. The quantitative estimate of drug-likeness (QED) is 0.351. The zero-order chi connectivity index (χ0) is 8.43. The largest absolute Gasteiger partial charge is 0.394 e. The van der Waals surface area contributed by atoms with Gasteiger partial charge in [-0.2, -0.15) is 0 Å². The SMILES string of the molecule is N[C@H]1CC(O)[C@@H](O)OC1CO. The average molecular weight is 163 g/mol. The van der Waals surface area contributed by atoms with E-state index < -0.39 is 24.5 Å². The fourth-order valence-corrected chi connectivity index (χ4v) is 1.10. The molecule has 0 aliphatic carbocycles. The molecule has 2 unspecified atom stereocenters. The van der Waals surface area contributed by atoms with Crippen LogP contribution in [0.4, 0.5) is 0 Å². The first-order chi connectivity index (χ1) is 5.15. The Hall–Kier alpha value is -0.200. The summed E-state index contributed by atoms with van der Waals surface area (Å²) in [5.41, 5.74) is 5.49. The average Bonchev–Trinajstić information content (AvgIpc) is 1.97. The molecule has 5 N–H and O–H groups in total. The summed E-state index contributed by atoms with van der Waals surface area (Å²) in [6.07, 6.45) is -2.46. The van der Waals surface area contributed by atoms with Crippen LogP contribution in [-0.4, -0.2) is 46.5 Å². The predicted molar refractivity (Wildman–Crippen MR) is 36.6 cm³/mol. The number of ether oxygens (including phenoxy) is 1. The molecule has 0 aromatic carbocycles. The van der Waals surface area contributed by atoms with E-state index >= 15 is 0 Å². The second-order valence-electron chi connectivity index (χ2n) is 2.71. The van der Waals surface area contributed by atoms with E-state index in [1.54, 1.807) is 0 Å². The van der Waals surface area contributed by atoms with Crippen molar-refractivity contribution >= 4 is 0 Å². The molecule has 0 aromatic heterocycles. The molecule has 0 aromatic rings. The molecule has 0 amide bonds. The minimum atomic E-state index is -1.22. The number of hydrogen-bond donors (Lipinski definition) is 4. The highest BCUT2D eigenvalue weighted by molar-refractivity contribution is 4.82. The minimum absolute atomic E-state index is 0.231. The maximum absolute atomic E-state index is 9.02.